The lowest BCUT2D eigenvalue weighted by atomic mass is 9.76. The Morgan fingerprint density at radius 2 is 2.10 bits per heavy atom. The molecule has 0 radical (unpaired) electrons. The summed E-state index contributed by atoms with van der Waals surface area (Å²) in [6.07, 6.45) is 5.37. The lowest BCUT2D eigenvalue weighted by molar-refractivity contribution is 0.0329. The third kappa shape index (κ3) is 4.32. The number of aliphatic hydroxyl groups is 1. The highest BCUT2D eigenvalue weighted by molar-refractivity contribution is 5.32. The highest BCUT2D eigenvalue weighted by Gasteiger charge is 2.28. The highest BCUT2D eigenvalue weighted by Crippen LogP contribution is 2.37. The van der Waals surface area contributed by atoms with Crippen LogP contribution < -0.4 is 5.32 Å². The fraction of sp³-hybridized carbons (Fsp3) is 0.667. The topological polar surface area (TPSA) is 32.3 Å². The molecule has 0 spiro atoms. The van der Waals surface area contributed by atoms with Gasteiger partial charge >= 0.3 is 0 Å². The summed E-state index contributed by atoms with van der Waals surface area (Å²) in [5.74, 6) is 0.522. The molecule has 20 heavy (non-hydrogen) atoms. The summed E-state index contributed by atoms with van der Waals surface area (Å²) in [6, 6.07) is 9.25. The van der Waals surface area contributed by atoms with Crippen molar-refractivity contribution in [3.8, 4) is 0 Å². The van der Waals surface area contributed by atoms with Crippen LogP contribution in [0.25, 0.3) is 0 Å². The molecule has 2 N–H and O–H groups in total. The normalized spacial score (nSPS) is 21.6. The molecule has 0 bridgehead atoms. The Morgan fingerprint density at radius 1 is 1.35 bits per heavy atom. The second kappa shape index (κ2) is 6.73. The van der Waals surface area contributed by atoms with E-state index in [2.05, 4.69) is 43.4 Å². The second-order valence-corrected chi connectivity index (χ2v) is 6.85. The number of nitrogens with one attached hydrogen (secondary N) is 1. The number of fused-ring (bicyclic) bond motifs is 1. The quantitative estimate of drug-likeness (QED) is 0.831. The van der Waals surface area contributed by atoms with Crippen LogP contribution in [0.4, 0.5) is 0 Å². The van der Waals surface area contributed by atoms with E-state index in [0.29, 0.717) is 12.0 Å². The van der Waals surface area contributed by atoms with Gasteiger partial charge in [-0.15, -0.1) is 0 Å². The lowest BCUT2D eigenvalue weighted by Crippen LogP contribution is -2.34. The van der Waals surface area contributed by atoms with Crippen molar-refractivity contribution >= 4 is 0 Å². The molecule has 2 heteroatoms. The van der Waals surface area contributed by atoms with Crippen molar-refractivity contribution in [1.82, 2.24) is 5.32 Å². The van der Waals surface area contributed by atoms with Crippen LogP contribution in [0.2, 0.25) is 0 Å². The summed E-state index contributed by atoms with van der Waals surface area (Å²) >= 11 is 0. The van der Waals surface area contributed by atoms with Gasteiger partial charge in [0.25, 0.3) is 0 Å². The SMILES string of the molecule is CC(C)NCCC(C)(O)CC1CCCc2ccccc21. The van der Waals surface area contributed by atoms with Gasteiger partial charge in [-0.1, -0.05) is 38.1 Å². The summed E-state index contributed by atoms with van der Waals surface area (Å²) in [6.45, 7) is 7.17. The maximum atomic E-state index is 10.7. The van der Waals surface area contributed by atoms with Crippen molar-refractivity contribution in [2.75, 3.05) is 6.54 Å². The molecule has 0 fully saturated rings. The largest absolute Gasteiger partial charge is 0.390 e. The minimum atomic E-state index is -0.572. The molecular formula is C18H29NO. The molecule has 0 heterocycles. The molecule has 112 valence electrons. The molecule has 0 aliphatic heterocycles. The van der Waals surface area contributed by atoms with Crippen molar-refractivity contribution < 1.29 is 5.11 Å². The van der Waals surface area contributed by atoms with Crippen LogP contribution in [0.15, 0.2) is 24.3 Å². The first-order valence-corrected chi connectivity index (χ1v) is 8.01. The molecule has 0 saturated carbocycles. The van der Waals surface area contributed by atoms with E-state index < -0.39 is 5.60 Å². The van der Waals surface area contributed by atoms with Crippen LogP contribution in [0, 0.1) is 0 Å². The van der Waals surface area contributed by atoms with E-state index in [0.717, 1.165) is 19.4 Å². The number of hydrogen-bond acceptors (Lipinski definition) is 2. The first-order valence-electron chi connectivity index (χ1n) is 8.01. The smallest absolute Gasteiger partial charge is 0.0637 e. The summed E-state index contributed by atoms with van der Waals surface area (Å²) in [7, 11) is 0. The Morgan fingerprint density at radius 3 is 2.85 bits per heavy atom. The molecule has 1 aliphatic rings. The van der Waals surface area contributed by atoms with Crippen LogP contribution in [0.5, 0.6) is 0 Å². The third-order valence-electron chi connectivity index (χ3n) is 4.40. The van der Waals surface area contributed by atoms with Crippen LogP contribution >= 0.6 is 0 Å². The summed E-state index contributed by atoms with van der Waals surface area (Å²) in [4.78, 5) is 0. The zero-order valence-corrected chi connectivity index (χ0v) is 13.2. The minimum Gasteiger partial charge on any atom is -0.390 e. The van der Waals surface area contributed by atoms with Gasteiger partial charge in [-0.05, 0) is 62.6 Å². The van der Waals surface area contributed by atoms with Gasteiger partial charge in [0.15, 0.2) is 0 Å². The molecule has 0 amide bonds. The monoisotopic (exact) mass is 275 g/mol. The molecule has 1 aliphatic carbocycles. The van der Waals surface area contributed by atoms with Crippen molar-refractivity contribution in [1.29, 1.82) is 0 Å². The Labute approximate surface area is 123 Å². The maximum Gasteiger partial charge on any atom is 0.0637 e. The van der Waals surface area contributed by atoms with E-state index >= 15 is 0 Å². The first kappa shape index (κ1) is 15.5. The zero-order valence-electron chi connectivity index (χ0n) is 13.2. The zero-order chi connectivity index (χ0) is 14.6. The first-order chi connectivity index (χ1) is 9.48. The highest BCUT2D eigenvalue weighted by atomic mass is 16.3. The van der Waals surface area contributed by atoms with E-state index in [1.807, 2.05) is 6.92 Å². The van der Waals surface area contributed by atoms with Crippen LogP contribution in [0.3, 0.4) is 0 Å². The fourth-order valence-electron chi connectivity index (χ4n) is 3.33. The molecule has 2 atom stereocenters. The average Bonchev–Trinajstić information content (AvgIpc) is 2.38. The van der Waals surface area contributed by atoms with Crippen LogP contribution in [-0.2, 0) is 6.42 Å². The van der Waals surface area contributed by atoms with Crippen molar-refractivity contribution in [3.05, 3.63) is 35.4 Å². The number of aryl methyl sites for hydroxylation is 1. The van der Waals surface area contributed by atoms with E-state index in [9.17, 15) is 5.11 Å². The van der Waals surface area contributed by atoms with Gasteiger partial charge < -0.3 is 10.4 Å². The Balaban J connectivity index is 1.96. The number of rotatable bonds is 6. The molecule has 0 saturated heterocycles. The molecule has 1 aromatic carbocycles. The van der Waals surface area contributed by atoms with E-state index in [1.54, 1.807) is 0 Å². The predicted molar refractivity (Wildman–Crippen MR) is 85.1 cm³/mol. The number of hydrogen-bond donors (Lipinski definition) is 2. The van der Waals surface area contributed by atoms with Crippen molar-refractivity contribution in [3.63, 3.8) is 0 Å². The van der Waals surface area contributed by atoms with E-state index in [1.165, 1.54) is 30.4 Å². The van der Waals surface area contributed by atoms with Crippen molar-refractivity contribution in [2.24, 2.45) is 0 Å². The second-order valence-electron chi connectivity index (χ2n) is 6.85. The average molecular weight is 275 g/mol. The third-order valence-corrected chi connectivity index (χ3v) is 4.40. The molecule has 1 aromatic rings. The standard InChI is InChI=1S/C18H29NO/c1-14(2)19-12-11-18(3,20)13-16-9-6-8-15-7-4-5-10-17(15)16/h4-5,7,10,14,16,19-20H,6,8-9,11-13H2,1-3H3. The molecule has 0 aromatic heterocycles. The molecule has 2 unspecified atom stereocenters. The van der Waals surface area contributed by atoms with E-state index in [4.69, 9.17) is 0 Å². The van der Waals surface area contributed by atoms with Gasteiger partial charge in [0.1, 0.15) is 0 Å². The Kier molecular flexibility index (Phi) is 5.22. The predicted octanol–water partition coefficient (Wildman–Crippen LogP) is 3.64. The molecule has 2 nitrogen and oxygen atoms in total. The maximum absolute atomic E-state index is 10.7. The van der Waals surface area contributed by atoms with E-state index in [-0.39, 0.29) is 0 Å². The van der Waals surface area contributed by atoms with Crippen LogP contribution in [0.1, 0.15) is 63.5 Å². The summed E-state index contributed by atoms with van der Waals surface area (Å²) in [5.41, 5.74) is 2.38. The lowest BCUT2D eigenvalue weighted by Gasteiger charge is -2.32. The molecule has 2 rings (SSSR count). The van der Waals surface area contributed by atoms with Gasteiger partial charge in [-0.3, -0.25) is 0 Å². The van der Waals surface area contributed by atoms with Crippen molar-refractivity contribution in [2.45, 2.75) is 70.4 Å². The van der Waals surface area contributed by atoms with Gasteiger partial charge in [0.05, 0.1) is 5.60 Å². The van der Waals surface area contributed by atoms with Crippen LogP contribution in [-0.4, -0.2) is 23.3 Å². The van der Waals surface area contributed by atoms with Gasteiger partial charge in [0.2, 0.25) is 0 Å². The Hall–Kier alpha value is -0.860. The fourth-order valence-corrected chi connectivity index (χ4v) is 3.33. The van der Waals surface area contributed by atoms with Gasteiger partial charge in [-0.2, -0.15) is 0 Å². The summed E-state index contributed by atoms with van der Waals surface area (Å²) < 4.78 is 0. The molecular weight excluding hydrogens is 246 g/mol. The Bertz CT molecular complexity index is 425. The summed E-state index contributed by atoms with van der Waals surface area (Å²) in [5, 5.41) is 14.1. The van der Waals surface area contributed by atoms with Gasteiger partial charge in [0, 0.05) is 6.04 Å². The van der Waals surface area contributed by atoms with Gasteiger partial charge in [-0.25, -0.2) is 0 Å². The minimum absolute atomic E-state index is 0.487. The number of benzene rings is 1.